The van der Waals surface area contributed by atoms with E-state index in [1.165, 1.54) is 0 Å². The van der Waals surface area contributed by atoms with Crippen LogP contribution < -0.4 is 0 Å². The lowest BCUT2D eigenvalue weighted by molar-refractivity contribution is -0.133. The van der Waals surface area contributed by atoms with Gasteiger partial charge in [-0.05, 0) is 29.9 Å². The van der Waals surface area contributed by atoms with E-state index in [0.717, 1.165) is 22.0 Å². The Bertz CT molecular complexity index is 963. The van der Waals surface area contributed by atoms with E-state index in [1.54, 1.807) is 29.7 Å². The monoisotopic (exact) mass is 364 g/mol. The molecule has 2 aromatic heterocycles. The van der Waals surface area contributed by atoms with Crippen LogP contribution in [0.2, 0.25) is 0 Å². The van der Waals surface area contributed by atoms with Crippen LogP contribution in [-0.2, 0) is 11.2 Å². The van der Waals surface area contributed by atoms with E-state index in [1.807, 2.05) is 31.2 Å². The molecule has 1 aromatic carbocycles. The Kier molecular flexibility index (Phi) is 4.79. The van der Waals surface area contributed by atoms with Crippen molar-refractivity contribution in [3.63, 3.8) is 0 Å². The Morgan fingerprint density at radius 3 is 2.85 bits per heavy atom. The van der Waals surface area contributed by atoms with Crippen molar-refractivity contribution in [2.24, 2.45) is 5.92 Å². The fraction of sp³-hybridized carbons (Fsp3) is 0.333. The van der Waals surface area contributed by atoms with E-state index in [9.17, 15) is 9.18 Å². The molecule has 6 heteroatoms. The second kappa shape index (κ2) is 7.39. The van der Waals surface area contributed by atoms with Crippen molar-refractivity contribution < 1.29 is 9.18 Å². The van der Waals surface area contributed by atoms with Gasteiger partial charge in [0.1, 0.15) is 6.17 Å². The van der Waals surface area contributed by atoms with Crippen molar-refractivity contribution in [1.29, 1.82) is 0 Å². The highest BCUT2D eigenvalue weighted by molar-refractivity contribution is 5.87. The van der Waals surface area contributed by atoms with E-state index in [0.29, 0.717) is 18.7 Å². The van der Waals surface area contributed by atoms with Gasteiger partial charge in [0.15, 0.2) is 0 Å². The largest absolute Gasteiger partial charge is 0.339 e. The molecule has 1 amide bonds. The Labute approximate surface area is 157 Å². The molecule has 0 saturated carbocycles. The maximum Gasteiger partial charge on any atom is 0.228 e. The zero-order chi connectivity index (χ0) is 18.8. The van der Waals surface area contributed by atoms with Gasteiger partial charge in [-0.3, -0.25) is 19.7 Å². The lowest BCUT2D eigenvalue weighted by Gasteiger charge is -2.33. The van der Waals surface area contributed by atoms with Gasteiger partial charge in [-0.1, -0.05) is 19.1 Å². The van der Waals surface area contributed by atoms with Crippen molar-refractivity contribution in [3.05, 3.63) is 54.7 Å². The Balaban J connectivity index is 1.55. The number of halogens is 1. The van der Waals surface area contributed by atoms with E-state index in [4.69, 9.17) is 0 Å². The first-order valence-electron chi connectivity index (χ1n) is 9.17. The van der Waals surface area contributed by atoms with Gasteiger partial charge >= 0.3 is 0 Å². The van der Waals surface area contributed by atoms with Crippen LogP contribution in [0.1, 0.15) is 19.0 Å². The third-order valence-electron chi connectivity index (χ3n) is 5.19. The fourth-order valence-corrected chi connectivity index (χ4v) is 3.41. The molecule has 0 radical (unpaired) electrons. The molecule has 0 unspecified atom stereocenters. The molecule has 3 heterocycles. The summed E-state index contributed by atoms with van der Waals surface area (Å²) in [5.74, 6) is -0.0474. The summed E-state index contributed by atoms with van der Waals surface area (Å²) in [6, 6.07) is 7.91. The number of hydrogen-bond acceptors (Lipinski definition) is 4. The number of likely N-dealkylation sites (tertiary alicyclic amines) is 1. The third kappa shape index (κ3) is 3.79. The normalized spacial score (nSPS) is 20.0. The minimum atomic E-state index is -0.943. The van der Waals surface area contributed by atoms with Gasteiger partial charge in [0, 0.05) is 36.1 Å². The van der Waals surface area contributed by atoms with E-state index in [2.05, 4.69) is 15.0 Å². The number of hydrogen-bond donors (Lipinski definition) is 0. The summed E-state index contributed by atoms with van der Waals surface area (Å²) in [4.78, 5) is 27.0. The Morgan fingerprint density at radius 2 is 2.07 bits per heavy atom. The summed E-state index contributed by atoms with van der Waals surface area (Å²) in [6.45, 7) is 2.70. The predicted octanol–water partition coefficient (Wildman–Crippen LogP) is 3.44. The molecule has 3 aromatic rings. The summed E-state index contributed by atoms with van der Waals surface area (Å²) in [6.07, 6.45) is 6.75. The van der Waals surface area contributed by atoms with Crippen LogP contribution in [-0.4, -0.2) is 45.0 Å². The maximum atomic E-state index is 13.9. The highest BCUT2D eigenvalue weighted by Crippen LogP contribution is 2.24. The second-order valence-corrected chi connectivity index (χ2v) is 7.13. The number of aromatic nitrogens is 3. The molecule has 0 N–H and O–H groups in total. The molecule has 27 heavy (non-hydrogen) atoms. The molecular weight excluding hydrogens is 343 g/mol. The van der Waals surface area contributed by atoms with E-state index >= 15 is 0 Å². The number of alkyl halides is 1. The molecule has 4 rings (SSSR count). The third-order valence-corrected chi connectivity index (χ3v) is 5.19. The number of pyridine rings is 1. The fourth-order valence-electron chi connectivity index (χ4n) is 3.41. The first-order valence-corrected chi connectivity index (χ1v) is 9.17. The maximum absolute atomic E-state index is 13.9. The SMILES string of the molecule is C[C@H]1CCN(C(=O)Cc2cc3cc(-c4cnccn4)ccc3cn2)C[C@@H]1F. The van der Waals surface area contributed by atoms with Crippen LogP contribution in [0.25, 0.3) is 22.0 Å². The van der Waals surface area contributed by atoms with Crippen LogP contribution in [0.4, 0.5) is 4.39 Å². The standard InChI is InChI=1S/C21H21FN4O/c1-14-4-7-26(13-19(14)22)21(27)10-18-9-17-8-15(2-3-16(17)11-25-18)20-12-23-5-6-24-20/h2-3,5-6,8-9,11-12,14,19H,4,7,10,13H2,1H3/t14-,19-/m0/s1. The van der Waals surface area contributed by atoms with E-state index < -0.39 is 6.17 Å². The van der Waals surface area contributed by atoms with Crippen molar-refractivity contribution in [2.45, 2.75) is 25.9 Å². The number of benzene rings is 1. The van der Waals surface area contributed by atoms with Gasteiger partial charge in [0.25, 0.3) is 0 Å². The molecular formula is C21H21FN4O. The highest BCUT2D eigenvalue weighted by Gasteiger charge is 2.28. The average molecular weight is 364 g/mol. The Morgan fingerprint density at radius 1 is 1.19 bits per heavy atom. The minimum Gasteiger partial charge on any atom is -0.339 e. The van der Waals surface area contributed by atoms with Crippen molar-refractivity contribution in [3.8, 4) is 11.3 Å². The molecule has 1 aliphatic heterocycles. The van der Waals surface area contributed by atoms with Crippen molar-refractivity contribution in [1.82, 2.24) is 19.9 Å². The predicted molar refractivity (Wildman–Crippen MR) is 102 cm³/mol. The van der Waals surface area contributed by atoms with Crippen LogP contribution in [0.15, 0.2) is 49.1 Å². The lowest BCUT2D eigenvalue weighted by Crippen LogP contribution is -2.44. The van der Waals surface area contributed by atoms with Crippen LogP contribution in [0, 0.1) is 5.92 Å². The van der Waals surface area contributed by atoms with Gasteiger partial charge < -0.3 is 4.90 Å². The first-order chi connectivity index (χ1) is 13.1. The first kappa shape index (κ1) is 17.5. The number of amides is 1. The lowest BCUT2D eigenvalue weighted by atomic mass is 9.97. The van der Waals surface area contributed by atoms with Gasteiger partial charge in [0.05, 0.1) is 30.6 Å². The number of rotatable bonds is 3. The minimum absolute atomic E-state index is 0.0207. The summed E-state index contributed by atoms with van der Waals surface area (Å²) in [5.41, 5.74) is 2.45. The molecule has 1 saturated heterocycles. The van der Waals surface area contributed by atoms with Crippen LogP contribution in [0.5, 0.6) is 0 Å². The smallest absolute Gasteiger partial charge is 0.228 e. The van der Waals surface area contributed by atoms with Crippen LogP contribution in [0.3, 0.4) is 0 Å². The summed E-state index contributed by atoms with van der Waals surface area (Å²) in [7, 11) is 0. The number of nitrogens with zero attached hydrogens (tertiary/aromatic N) is 4. The molecule has 2 atom stereocenters. The molecule has 1 fully saturated rings. The zero-order valence-corrected chi connectivity index (χ0v) is 15.2. The second-order valence-electron chi connectivity index (χ2n) is 7.13. The van der Waals surface area contributed by atoms with Gasteiger partial charge in [-0.2, -0.15) is 0 Å². The highest BCUT2D eigenvalue weighted by atomic mass is 19.1. The quantitative estimate of drug-likeness (QED) is 0.714. The molecule has 0 aliphatic carbocycles. The summed E-state index contributed by atoms with van der Waals surface area (Å²) in [5, 5.41) is 1.99. The molecule has 0 spiro atoms. The van der Waals surface area contributed by atoms with Gasteiger partial charge in [-0.15, -0.1) is 0 Å². The average Bonchev–Trinajstić information content (AvgIpc) is 2.70. The molecule has 138 valence electrons. The van der Waals surface area contributed by atoms with Gasteiger partial charge in [0.2, 0.25) is 5.91 Å². The number of carbonyl (C=O) groups is 1. The van der Waals surface area contributed by atoms with Crippen molar-refractivity contribution >= 4 is 16.7 Å². The zero-order valence-electron chi connectivity index (χ0n) is 15.2. The summed E-state index contributed by atoms with van der Waals surface area (Å²) >= 11 is 0. The molecule has 1 aliphatic rings. The number of carbonyl (C=O) groups excluding carboxylic acids is 1. The van der Waals surface area contributed by atoms with Crippen LogP contribution >= 0.6 is 0 Å². The molecule has 5 nitrogen and oxygen atoms in total. The molecule has 0 bridgehead atoms. The number of piperidine rings is 1. The Hall–Kier alpha value is -2.89. The summed E-state index contributed by atoms with van der Waals surface area (Å²) < 4.78 is 13.9. The topological polar surface area (TPSA) is 59.0 Å². The van der Waals surface area contributed by atoms with Gasteiger partial charge in [-0.25, -0.2) is 4.39 Å². The van der Waals surface area contributed by atoms with E-state index in [-0.39, 0.29) is 24.8 Å². The number of fused-ring (bicyclic) bond motifs is 1. The van der Waals surface area contributed by atoms with Crippen molar-refractivity contribution in [2.75, 3.05) is 13.1 Å².